The van der Waals surface area contributed by atoms with Crippen LogP contribution in [-0.4, -0.2) is 121 Å². The number of anilines is 2. The minimum atomic E-state index is -1.06. The number of aromatic nitrogens is 2. The molecule has 20 heteroatoms. The van der Waals surface area contributed by atoms with Crippen LogP contribution >= 0.6 is 11.6 Å². The van der Waals surface area contributed by atoms with E-state index in [0.29, 0.717) is 88.6 Å². The lowest BCUT2D eigenvalue weighted by atomic mass is 9.73. The first-order chi connectivity index (χ1) is 34.4. The fourth-order valence-electron chi connectivity index (χ4n) is 9.86. The molecule has 71 heavy (non-hydrogen) atoms. The average Bonchev–Trinajstić information content (AvgIpc) is 3.77. The molecule has 5 aliphatic heterocycles. The molecule has 6 heterocycles. The van der Waals surface area contributed by atoms with Crippen molar-refractivity contribution in [3.63, 3.8) is 0 Å². The van der Waals surface area contributed by atoms with E-state index < -0.39 is 40.9 Å². The van der Waals surface area contributed by atoms with Gasteiger partial charge in [0.25, 0.3) is 17.7 Å². The SMILES string of the molecule is COc1cc(Nc2ncc3c(n2)-c2ccc(Cl)cc2C(c2c(F)cccc2OC)=NC3)ccc1C(=O)NCCOCCC(=O)N1CCC2(CC1)COc1cc3c(cc12)C(=O)N(C1CCC(=O)NC1=O)C3=O. The highest BCUT2D eigenvalue weighted by Crippen LogP contribution is 2.48. The lowest BCUT2D eigenvalue weighted by Gasteiger charge is -2.38. The van der Waals surface area contributed by atoms with Crippen molar-refractivity contribution < 1.29 is 52.1 Å². The monoisotopic (exact) mass is 984 g/mol. The van der Waals surface area contributed by atoms with Gasteiger partial charge in [0.1, 0.15) is 29.1 Å². The molecule has 1 atom stereocenters. The number of likely N-dealkylation sites (tertiary alicyclic amines) is 1. The molecule has 18 nitrogen and oxygen atoms in total. The first-order valence-corrected chi connectivity index (χ1v) is 23.4. The number of carbonyl (C=O) groups is 6. The van der Waals surface area contributed by atoms with Gasteiger partial charge < -0.3 is 34.5 Å². The Morgan fingerprint density at radius 2 is 1.72 bits per heavy atom. The van der Waals surface area contributed by atoms with E-state index in [-0.39, 0.29) is 85.6 Å². The molecule has 0 saturated carbocycles. The molecule has 6 amide bonds. The molecule has 1 unspecified atom stereocenters. The lowest BCUT2D eigenvalue weighted by Crippen LogP contribution is -2.54. The number of imide groups is 2. The largest absolute Gasteiger partial charge is 0.496 e. The van der Waals surface area contributed by atoms with Crippen LogP contribution in [0.2, 0.25) is 5.02 Å². The quantitative estimate of drug-likeness (QED) is 0.0977. The van der Waals surface area contributed by atoms with Crippen LogP contribution in [0.1, 0.15) is 85.4 Å². The summed E-state index contributed by atoms with van der Waals surface area (Å²) in [5.74, 6) is -1.85. The fourth-order valence-corrected chi connectivity index (χ4v) is 10.0. The van der Waals surface area contributed by atoms with Crippen LogP contribution in [0.25, 0.3) is 11.3 Å². The van der Waals surface area contributed by atoms with Gasteiger partial charge in [0.15, 0.2) is 0 Å². The van der Waals surface area contributed by atoms with E-state index in [1.54, 1.807) is 65.7 Å². The Hall–Kier alpha value is -7.77. The second-order valence-corrected chi connectivity index (χ2v) is 18.1. The average molecular weight is 985 g/mol. The minimum absolute atomic E-state index is 0.0302. The van der Waals surface area contributed by atoms with Crippen molar-refractivity contribution in [3.05, 3.63) is 123 Å². The summed E-state index contributed by atoms with van der Waals surface area (Å²) in [4.78, 5) is 94.4. The summed E-state index contributed by atoms with van der Waals surface area (Å²) in [7, 11) is 2.93. The van der Waals surface area contributed by atoms with Crippen molar-refractivity contribution in [2.45, 2.75) is 50.1 Å². The van der Waals surface area contributed by atoms with Gasteiger partial charge in [-0.1, -0.05) is 23.7 Å². The molecule has 5 aromatic rings. The van der Waals surface area contributed by atoms with E-state index in [4.69, 9.17) is 40.5 Å². The maximum atomic E-state index is 15.3. The number of hydrogen-bond donors (Lipinski definition) is 3. The first kappa shape index (κ1) is 46.9. The summed E-state index contributed by atoms with van der Waals surface area (Å²) in [6.45, 7) is 1.91. The topological polar surface area (TPSA) is 220 Å². The zero-order valence-electron chi connectivity index (χ0n) is 38.6. The minimum Gasteiger partial charge on any atom is -0.496 e. The molecule has 4 aromatic carbocycles. The molecule has 0 aliphatic carbocycles. The van der Waals surface area contributed by atoms with Crippen LogP contribution in [0.15, 0.2) is 77.9 Å². The lowest BCUT2D eigenvalue weighted by molar-refractivity contribution is -0.136. The number of fused-ring (bicyclic) bond motifs is 6. The Morgan fingerprint density at radius 1 is 0.930 bits per heavy atom. The first-order valence-electron chi connectivity index (χ1n) is 23.0. The van der Waals surface area contributed by atoms with Gasteiger partial charge in [0.2, 0.25) is 23.7 Å². The Bertz CT molecular complexity index is 3100. The van der Waals surface area contributed by atoms with Crippen LogP contribution in [0.3, 0.4) is 0 Å². The molecule has 1 spiro atoms. The van der Waals surface area contributed by atoms with Gasteiger partial charge in [-0.25, -0.2) is 14.4 Å². The Kier molecular flexibility index (Phi) is 12.7. The molecule has 0 radical (unpaired) electrons. The van der Waals surface area contributed by atoms with Gasteiger partial charge in [0.05, 0.1) is 80.7 Å². The van der Waals surface area contributed by atoms with Crippen molar-refractivity contribution in [2.24, 2.45) is 4.99 Å². The van der Waals surface area contributed by atoms with Gasteiger partial charge in [-0.05, 0) is 67.8 Å². The van der Waals surface area contributed by atoms with Gasteiger partial charge in [-0.15, -0.1) is 0 Å². The van der Waals surface area contributed by atoms with Crippen LogP contribution in [0.4, 0.5) is 16.0 Å². The highest BCUT2D eigenvalue weighted by molar-refractivity contribution is 6.32. The summed E-state index contributed by atoms with van der Waals surface area (Å²) in [5, 5.41) is 8.68. The Morgan fingerprint density at radius 3 is 2.49 bits per heavy atom. The molecule has 2 saturated heterocycles. The highest BCUT2D eigenvalue weighted by Gasteiger charge is 2.49. The van der Waals surface area contributed by atoms with Crippen molar-refractivity contribution in [2.75, 3.05) is 59.0 Å². The van der Waals surface area contributed by atoms with Crippen LogP contribution in [0.5, 0.6) is 17.2 Å². The summed E-state index contributed by atoms with van der Waals surface area (Å²) in [5.41, 5.74) is 4.68. The zero-order valence-corrected chi connectivity index (χ0v) is 39.3. The van der Waals surface area contributed by atoms with E-state index in [1.165, 1.54) is 20.3 Å². The molecular weight excluding hydrogens is 939 g/mol. The number of carbonyl (C=O) groups excluding carboxylic acids is 6. The second-order valence-electron chi connectivity index (χ2n) is 17.7. The number of nitrogens with zero attached hydrogens (tertiary/aromatic N) is 5. The summed E-state index contributed by atoms with van der Waals surface area (Å²) < 4.78 is 38.2. The van der Waals surface area contributed by atoms with Crippen molar-refractivity contribution in [1.82, 2.24) is 30.4 Å². The van der Waals surface area contributed by atoms with Gasteiger partial charge in [-0.2, -0.15) is 0 Å². The molecule has 0 bridgehead atoms. The maximum Gasteiger partial charge on any atom is 0.262 e. The van der Waals surface area contributed by atoms with E-state index >= 15 is 4.39 Å². The fraction of sp³-hybridized carbons (Fsp3) is 0.314. The zero-order chi connectivity index (χ0) is 49.6. The predicted molar refractivity (Wildman–Crippen MR) is 255 cm³/mol. The maximum absolute atomic E-state index is 15.3. The summed E-state index contributed by atoms with van der Waals surface area (Å²) >= 11 is 6.46. The summed E-state index contributed by atoms with van der Waals surface area (Å²) in [6.07, 6.45) is 3.05. The molecule has 3 N–H and O–H groups in total. The highest BCUT2D eigenvalue weighted by atomic mass is 35.5. The number of methoxy groups -OCH3 is 2. The number of hydrogen-bond acceptors (Lipinski definition) is 14. The number of aliphatic imine (C=N–C) groups is 1. The van der Waals surface area contributed by atoms with Gasteiger partial charge in [0, 0.05) is 76.7 Å². The van der Waals surface area contributed by atoms with Crippen LogP contribution < -0.4 is 30.2 Å². The standard InChI is InChI=1S/C51H46ClFN8O10/c1-68-38-5-3-4-36(53)43(38)45-32-20-28(52)6-8-30(32)44-27(24-55-45)25-56-50(59-44)57-29-7-9-31(39(21-29)69-2)46(64)54-15-19-70-18-12-42(63)60-16-13-51(14-17-60)26-71-40-23-34-33(22-35(40)51)48(66)61(49(34)67)37-10-11-41(62)58-47(37)65/h3-9,20-23,25,37H,10-19,24,26H2,1-2H3,(H,54,64)(H,56,57,59)(H,58,62,65). The molecule has 10 rings (SSSR count). The van der Waals surface area contributed by atoms with Gasteiger partial charge in [-0.3, -0.25) is 44.0 Å². The van der Waals surface area contributed by atoms with Gasteiger partial charge >= 0.3 is 0 Å². The van der Waals surface area contributed by atoms with Crippen molar-refractivity contribution >= 4 is 64.4 Å². The third-order valence-corrected chi connectivity index (χ3v) is 13.8. The second kappa shape index (κ2) is 19.2. The number of piperidine rings is 2. The number of benzene rings is 4. The van der Waals surface area contributed by atoms with E-state index in [0.717, 1.165) is 10.5 Å². The van der Waals surface area contributed by atoms with E-state index in [2.05, 4.69) is 20.9 Å². The van der Waals surface area contributed by atoms with Crippen molar-refractivity contribution in [3.8, 4) is 28.5 Å². The van der Waals surface area contributed by atoms with Crippen LogP contribution in [-0.2, 0) is 31.1 Å². The number of halogens is 2. The van der Waals surface area contributed by atoms with Crippen molar-refractivity contribution in [1.29, 1.82) is 0 Å². The summed E-state index contributed by atoms with van der Waals surface area (Å²) in [6, 6.07) is 17.0. The molecule has 2 fully saturated rings. The molecule has 5 aliphatic rings. The number of nitrogens with one attached hydrogen (secondary N) is 3. The van der Waals surface area contributed by atoms with E-state index in [1.807, 2.05) is 6.07 Å². The normalized spacial score (nSPS) is 17.6. The Labute approximate surface area is 410 Å². The number of amides is 6. The van der Waals surface area contributed by atoms with Crippen LogP contribution in [0, 0.1) is 5.82 Å². The smallest absolute Gasteiger partial charge is 0.262 e. The Balaban J connectivity index is 0.701. The third-order valence-electron chi connectivity index (χ3n) is 13.6. The molecule has 1 aromatic heterocycles. The third kappa shape index (κ3) is 8.79. The number of rotatable bonds is 13. The molecule has 364 valence electrons. The predicted octanol–water partition coefficient (Wildman–Crippen LogP) is 5.54. The molecular formula is C51H46ClFN8O10. The van der Waals surface area contributed by atoms with E-state index in [9.17, 15) is 28.8 Å². The number of ether oxygens (including phenoxy) is 4.